The summed E-state index contributed by atoms with van der Waals surface area (Å²) >= 11 is 11.8. The molecule has 1 saturated carbocycles. The fourth-order valence-corrected chi connectivity index (χ4v) is 4.89. The molecule has 1 aliphatic carbocycles. The molecule has 0 unspecified atom stereocenters. The van der Waals surface area contributed by atoms with Gasteiger partial charge in [0.05, 0.1) is 22.4 Å². The van der Waals surface area contributed by atoms with E-state index in [0.717, 1.165) is 32.1 Å². The Hall–Kier alpha value is -0.160. The van der Waals surface area contributed by atoms with Crippen LogP contribution in [-0.4, -0.2) is 20.8 Å². The largest absolute Gasteiger partial charge is 0.493 e. The summed E-state index contributed by atoms with van der Waals surface area (Å²) in [4.78, 5) is 0. The maximum atomic E-state index is 11.5. The smallest absolute Gasteiger partial charge is 0.233 e. The van der Waals surface area contributed by atoms with Crippen molar-refractivity contribution in [2.75, 3.05) is 12.4 Å². The molecule has 3 nitrogen and oxygen atoms in total. The Morgan fingerprint density at radius 2 is 1.76 bits per heavy atom. The van der Waals surface area contributed by atoms with Crippen LogP contribution in [0.5, 0.6) is 5.75 Å². The lowest BCUT2D eigenvalue weighted by molar-refractivity contribution is 0.119. The van der Waals surface area contributed by atoms with E-state index in [4.69, 9.17) is 38.6 Å². The zero-order chi connectivity index (χ0) is 15.5. The summed E-state index contributed by atoms with van der Waals surface area (Å²) in [6, 6.07) is 5.01. The highest BCUT2D eigenvalue weighted by atomic mass is 35.7. The number of halogens is 3. The van der Waals surface area contributed by atoms with Crippen LogP contribution in [0, 0.1) is 5.41 Å². The molecule has 1 aromatic carbocycles. The monoisotopic (exact) mass is 370 g/mol. The molecular weight excluding hydrogens is 355 g/mol. The molecule has 1 fully saturated rings. The first-order valence-electron chi connectivity index (χ1n) is 6.80. The number of hydrogen-bond acceptors (Lipinski definition) is 3. The molecule has 0 saturated heterocycles. The normalized spacial score (nSPS) is 18.4. The highest BCUT2D eigenvalue weighted by Gasteiger charge is 2.37. The summed E-state index contributed by atoms with van der Waals surface area (Å²) in [5.41, 5.74) is -0.412. The van der Waals surface area contributed by atoms with Crippen LogP contribution in [0.3, 0.4) is 0 Å². The average molecular weight is 372 g/mol. The number of rotatable bonds is 5. The Labute approximate surface area is 139 Å². The second kappa shape index (κ2) is 6.95. The second-order valence-electron chi connectivity index (χ2n) is 5.61. The molecule has 0 amide bonds. The minimum atomic E-state index is -3.56. The van der Waals surface area contributed by atoms with Gasteiger partial charge in [0.25, 0.3) is 0 Å². The molecule has 0 aromatic heterocycles. The van der Waals surface area contributed by atoms with Gasteiger partial charge in [0.15, 0.2) is 0 Å². The molecule has 118 valence electrons. The molecule has 0 heterocycles. The molecule has 0 N–H and O–H groups in total. The summed E-state index contributed by atoms with van der Waals surface area (Å²) in [5.74, 6) is 0.532. The predicted octanol–water partition coefficient (Wildman–Crippen LogP) is 4.89. The Morgan fingerprint density at radius 3 is 2.33 bits per heavy atom. The molecule has 2 rings (SSSR count). The van der Waals surface area contributed by atoms with E-state index in [9.17, 15) is 8.42 Å². The Balaban J connectivity index is 2.10. The van der Waals surface area contributed by atoms with Gasteiger partial charge < -0.3 is 4.74 Å². The first kappa shape index (κ1) is 17.2. The quantitative estimate of drug-likeness (QED) is 0.692. The van der Waals surface area contributed by atoms with Gasteiger partial charge in [0, 0.05) is 22.2 Å². The van der Waals surface area contributed by atoms with Crippen molar-refractivity contribution in [2.24, 2.45) is 5.41 Å². The number of hydrogen-bond donors (Lipinski definition) is 0. The van der Waals surface area contributed by atoms with Gasteiger partial charge in [-0.15, -0.1) is 0 Å². The Bertz CT molecular complexity index is 595. The van der Waals surface area contributed by atoms with E-state index in [-0.39, 0.29) is 5.75 Å². The minimum Gasteiger partial charge on any atom is -0.493 e. The van der Waals surface area contributed by atoms with Crippen molar-refractivity contribution in [2.45, 2.75) is 32.1 Å². The lowest BCUT2D eigenvalue weighted by Crippen LogP contribution is -2.36. The lowest BCUT2D eigenvalue weighted by Gasteiger charge is -2.35. The minimum absolute atomic E-state index is 0.0527. The van der Waals surface area contributed by atoms with Crippen LogP contribution >= 0.6 is 33.9 Å². The van der Waals surface area contributed by atoms with Crippen LogP contribution in [-0.2, 0) is 9.05 Å². The fourth-order valence-electron chi connectivity index (χ4n) is 2.80. The van der Waals surface area contributed by atoms with E-state index < -0.39 is 14.5 Å². The second-order valence-corrected chi connectivity index (χ2v) is 9.20. The molecular formula is C14H17Cl3O3S. The van der Waals surface area contributed by atoms with E-state index in [1.54, 1.807) is 18.2 Å². The van der Waals surface area contributed by atoms with Crippen LogP contribution in [0.1, 0.15) is 32.1 Å². The topological polar surface area (TPSA) is 43.4 Å². The first-order chi connectivity index (χ1) is 9.80. The van der Waals surface area contributed by atoms with Crippen molar-refractivity contribution in [3.63, 3.8) is 0 Å². The third kappa shape index (κ3) is 5.20. The first-order valence-corrected chi connectivity index (χ1v) is 10.0. The molecule has 1 aromatic rings. The van der Waals surface area contributed by atoms with Crippen LogP contribution < -0.4 is 4.74 Å². The average Bonchev–Trinajstić information content (AvgIpc) is 2.39. The number of benzene rings is 1. The SMILES string of the molecule is O=S(=O)(Cl)CC1(COc2ccc(Cl)c(Cl)c2)CCCCC1. The molecule has 0 atom stereocenters. The summed E-state index contributed by atoms with van der Waals surface area (Å²) in [6.07, 6.45) is 4.73. The molecule has 1 aliphatic rings. The van der Waals surface area contributed by atoms with Crippen molar-refractivity contribution in [3.8, 4) is 5.75 Å². The van der Waals surface area contributed by atoms with Crippen molar-refractivity contribution in [1.29, 1.82) is 0 Å². The Kier molecular flexibility index (Phi) is 5.69. The van der Waals surface area contributed by atoms with E-state index in [1.165, 1.54) is 0 Å². The van der Waals surface area contributed by atoms with Crippen molar-refractivity contribution in [1.82, 2.24) is 0 Å². The maximum absolute atomic E-state index is 11.5. The highest BCUT2D eigenvalue weighted by Crippen LogP contribution is 2.39. The zero-order valence-corrected chi connectivity index (χ0v) is 14.5. The highest BCUT2D eigenvalue weighted by molar-refractivity contribution is 8.13. The fraction of sp³-hybridized carbons (Fsp3) is 0.571. The van der Waals surface area contributed by atoms with E-state index >= 15 is 0 Å². The summed E-state index contributed by atoms with van der Waals surface area (Å²) in [6.45, 7) is 0.316. The summed E-state index contributed by atoms with van der Waals surface area (Å²) < 4.78 is 28.7. The van der Waals surface area contributed by atoms with Gasteiger partial charge in [-0.3, -0.25) is 0 Å². The van der Waals surface area contributed by atoms with Gasteiger partial charge in [-0.1, -0.05) is 42.5 Å². The van der Waals surface area contributed by atoms with Gasteiger partial charge in [-0.2, -0.15) is 0 Å². The van der Waals surface area contributed by atoms with Crippen molar-refractivity contribution < 1.29 is 13.2 Å². The van der Waals surface area contributed by atoms with Gasteiger partial charge >= 0.3 is 0 Å². The third-order valence-electron chi connectivity index (χ3n) is 3.83. The van der Waals surface area contributed by atoms with Crippen LogP contribution in [0.2, 0.25) is 10.0 Å². The van der Waals surface area contributed by atoms with E-state index in [1.807, 2.05) is 0 Å². The molecule has 0 radical (unpaired) electrons. The predicted molar refractivity (Wildman–Crippen MR) is 87.1 cm³/mol. The van der Waals surface area contributed by atoms with Crippen molar-refractivity contribution >= 4 is 42.9 Å². The zero-order valence-electron chi connectivity index (χ0n) is 11.4. The maximum Gasteiger partial charge on any atom is 0.233 e. The van der Waals surface area contributed by atoms with Gasteiger partial charge in [0.1, 0.15) is 5.75 Å². The van der Waals surface area contributed by atoms with E-state index in [0.29, 0.717) is 22.4 Å². The van der Waals surface area contributed by atoms with Gasteiger partial charge in [-0.05, 0) is 25.0 Å². The Morgan fingerprint density at radius 1 is 1.10 bits per heavy atom. The molecule has 0 spiro atoms. The molecule has 0 bridgehead atoms. The standard InChI is InChI=1S/C14H17Cl3O3S/c15-12-5-4-11(8-13(12)16)20-9-14(10-21(17,18)19)6-2-1-3-7-14/h4-5,8H,1-3,6-7,9-10H2. The van der Waals surface area contributed by atoms with Gasteiger partial charge in [-0.25, -0.2) is 8.42 Å². The summed E-state index contributed by atoms with van der Waals surface area (Å²) in [5, 5.41) is 0.872. The van der Waals surface area contributed by atoms with Gasteiger partial charge in [0.2, 0.25) is 9.05 Å². The molecule has 21 heavy (non-hydrogen) atoms. The lowest BCUT2D eigenvalue weighted by atomic mass is 9.76. The third-order valence-corrected chi connectivity index (χ3v) is 5.85. The number of ether oxygens (including phenoxy) is 1. The van der Waals surface area contributed by atoms with E-state index in [2.05, 4.69) is 0 Å². The summed E-state index contributed by atoms with van der Waals surface area (Å²) in [7, 11) is 1.91. The van der Waals surface area contributed by atoms with Crippen molar-refractivity contribution in [3.05, 3.63) is 28.2 Å². The molecule has 7 heteroatoms. The van der Waals surface area contributed by atoms with Crippen LogP contribution in [0.4, 0.5) is 0 Å². The van der Waals surface area contributed by atoms with Crippen LogP contribution in [0.15, 0.2) is 18.2 Å². The van der Waals surface area contributed by atoms with Crippen LogP contribution in [0.25, 0.3) is 0 Å². The molecule has 0 aliphatic heterocycles.